The molecule has 1 aliphatic rings. The second kappa shape index (κ2) is 4.75. The van der Waals surface area contributed by atoms with Crippen molar-refractivity contribution in [3.05, 3.63) is 53.7 Å². The normalized spacial score (nSPS) is 13.9. The summed E-state index contributed by atoms with van der Waals surface area (Å²) in [6, 6.07) is 14.9. The van der Waals surface area contributed by atoms with Crippen LogP contribution in [0, 0.1) is 11.3 Å². The van der Waals surface area contributed by atoms with Gasteiger partial charge in [0.05, 0.1) is 11.3 Å². The highest BCUT2D eigenvalue weighted by Gasteiger charge is 2.19. The van der Waals surface area contributed by atoms with Crippen molar-refractivity contribution in [1.82, 2.24) is 9.78 Å². The van der Waals surface area contributed by atoms with Gasteiger partial charge in [-0.25, -0.2) is 0 Å². The molecule has 0 unspecified atom stereocenters. The summed E-state index contributed by atoms with van der Waals surface area (Å²) in [6.45, 7) is 0.930. The second-order valence-electron chi connectivity index (χ2n) is 5.52. The van der Waals surface area contributed by atoms with Crippen molar-refractivity contribution in [2.45, 2.75) is 25.8 Å². The van der Waals surface area contributed by atoms with Crippen LogP contribution in [0.5, 0.6) is 0 Å². The van der Waals surface area contributed by atoms with Crippen molar-refractivity contribution >= 4 is 10.8 Å². The van der Waals surface area contributed by atoms with Gasteiger partial charge in [-0.1, -0.05) is 30.3 Å². The molecule has 102 valence electrons. The Morgan fingerprint density at radius 1 is 1.14 bits per heavy atom. The number of nitriles is 1. The molecule has 3 nitrogen and oxygen atoms in total. The number of benzene rings is 2. The fourth-order valence-corrected chi connectivity index (χ4v) is 3.31. The van der Waals surface area contributed by atoms with Crippen LogP contribution in [0.15, 0.2) is 42.6 Å². The lowest BCUT2D eigenvalue weighted by Gasteiger charge is -2.18. The van der Waals surface area contributed by atoms with Crippen molar-refractivity contribution in [1.29, 1.82) is 5.26 Å². The SMILES string of the molecule is N#Cc1c2c(cc3ccccc13)CCCCn1nccc1-2. The summed E-state index contributed by atoms with van der Waals surface area (Å²) in [4.78, 5) is 0. The van der Waals surface area contributed by atoms with E-state index in [-0.39, 0.29) is 0 Å². The number of hydrogen-bond acceptors (Lipinski definition) is 2. The number of hydrogen-bond donors (Lipinski definition) is 0. The average Bonchev–Trinajstić information content (AvgIpc) is 2.95. The standard InChI is InChI=1S/C18H15N3/c19-12-16-15-7-2-1-5-13(15)11-14-6-3-4-10-21-17(18(14)16)8-9-20-21/h1-2,5,7-9,11H,3-4,6,10H2. The molecule has 0 aliphatic carbocycles. The van der Waals surface area contributed by atoms with Crippen molar-refractivity contribution in [2.24, 2.45) is 0 Å². The zero-order valence-corrected chi connectivity index (χ0v) is 11.7. The Kier molecular flexibility index (Phi) is 2.75. The van der Waals surface area contributed by atoms with Gasteiger partial charge in [-0.15, -0.1) is 0 Å². The lowest BCUT2D eigenvalue weighted by Crippen LogP contribution is -2.08. The molecule has 0 atom stereocenters. The Labute approximate surface area is 123 Å². The maximum atomic E-state index is 9.74. The number of fused-ring (bicyclic) bond motifs is 4. The van der Waals surface area contributed by atoms with E-state index >= 15 is 0 Å². The zero-order valence-electron chi connectivity index (χ0n) is 11.7. The Bertz CT molecular complexity index is 868. The van der Waals surface area contributed by atoms with Crippen LogP contribution in [0.25, 0.3) is 22.0 Å². The highest BCUT2D eigenvalue weighted by atomic mass is 15.3. The molecule has 1 aliphatic heterocycles. The maximum Gasteiger partial charge on any atom is 0.100 e. The smallest absolute Gasteiger partial charge is 0.100 e. The minimum Gasteiger partial charge on any atom is -0.265 e. The van der Waals surface area contributed by atoms with E-state index in [1.54, 1.807) is 0 Å². The molecular weight excluding hydrogens is 258 g/mol. The van der Waals surface area contributed by atoms with Gasteiger partial charge in [0.1, 0.15) is 6.07 Å². The molecule has 2 aromatic carbocycles. The molecule has 1 aromatic heterocycles. The largest absolute Gasteiger partial charge is 0.265 e. The number of aromatic nitrogens is 2. The van der Waals surface area contributed by atoms with Crippen LogP contribution in [-0.4, -0.2) is 9.78 Å². The first-order valence-corrected chi connectivity index (χ1v) is 7.35. The minimum atomic E-state index is 0.784. The van der Waals surface area contributed by atoms with Crippen LogP contribution in [0.4, 0.5) is 0 Å². The molecule has 0 spiro atoms. The molecule has 21 heavy (non-hydrogen) atoms. The van der Waals surface area contributed by atoms with Crippen LogP contribution < -0.4 is 0 Å². The molecule has 0 bridgehead atoms. The predicted molar refractivity (Wildman–Crippen MR) is 82.8 cm³/mol. The van der Waals surface area contributed by atoms with E-state index in [0.29, 0.717) is 0 Å². The van der Waals surface area contributed by atoms with Gasteiger partial charge in [-0.2, -0.15) is 10.4 Å². The van der Waals surface area contributed by atoms with Gasteiger partial charge in [0, 0.05) is 23.7 Å². The Hall–Kier alpha value is -2.60. The maximum absolute atomic E-state index is 9.74. The third kappa shape index (κ3) is 1.84. The summed E-state index contributed by atoms with van der Waals surface area (Å²) >= 11 is 0. The van der Waals surface area contributed by atoms with E-state index in [9.17, 15) is 5.26 Å². The minimum absolute atomic E-state index is 0.784. The highest BCUT2D eigenvalue weighted by molar-refractivity contribution is 5.95. The lowest BCUT2D eigenvalue weighted by molar-refractivity contribution is 0.555. The third-order valence-corrected chi connectivity index (χ3v) is 4.28. The van der Waals surface area contributed by atoms with Gasteiger partial charge in [-0.3, -0.25) is 4.68 Å². The van der Waals surface area contributed by atoms with E-state index in [2.05, 4.69) is 23.3 Å². The first-order chi connectivity index (χ1) is 10.4. The summed E-state index contributed by atoms with van der Waals surface area (Å²) in [6.07, 6.45) is 5.12. The van der Waals surface area contributed by atoms with Gasteiger partial charge in [0.25, 0.3) is 0 Å². The van der Waals surface area contributed by atoms with Crippen LogP contribution in [0.3, 0.4) is 0 Å². The zero-order chi connectivity index (χ0) is 14.2. The summed E-state index contributed by atoms with van der Waals surface area (Å²) in [5.41, 5.74) is 4.21. The Morgan fingerprint density at radius 2 is 2.05 bits per heavy atom. The molecule has 0 radical (unpaired) electrons. The summed E-state index contributed by atoms with van der Waals surface area (Å²) in [7, 11) is 0. The van der Waals surface area contributed by atoms with Crippen molar-refractivity contribution in [3.63, 3.8) is 0 Å². The predicted octanol–water partition coefficient (Wildman–Crippen LogP) is 3.91. The van der Waals surface area contributed by atoms with Gasteiger partial charge < -0.3 is 0 Å². The molecule has 0 fully saturated rings. The fraction of sp³-hybridized carbons (Fsp3) is 0.222. The van der Waals surface area contributed by atoms with E-state index in [1.807, 2.05) is 35.1 Å². The summed E-state index contributed by atoms with van der Waals surface area (Å²) in [5.74, 6) is 0. The average molecular weight is 273 g/mol. The van der Waals surface area contributed by atoms with Crippen LogP contribution >= 0.6 is 0 Å². The van der Waals surface area contributed by atoms with Crippen molar-refractivity contribution in [3.8, 4) is 17.3 Å². The summed E-state index contributed by atoms with van der Waals surface area (Å²) in [5, 5.41) is 16.3. The Balaban J connectivity index is 2.14. The first-order valence-electron chi connectivity index (χ1n) is 7.35. The van der Waals surface area contributed by atoms with Crippen molar-refractivity contribution < 1.29 is 0 Å². The van der Waals surface area contributed by atoms with Crippen LogP contribution in [0.1, 0.15) is 24.0 Å². The van der Waals surface area contributed by atoms with Crippen LogP contribution in [-0.2, 0) is 13.0 Å². The molecule has 0 saturated heterocycles. The van der Waals surface area contributed by atoms with Gasteiger partial charge in [0.2, 0.25) is 0 Å². The summed E-state index contributed by atoms with van der Waals surface area (Å²) < 4.78 is 2.04. The number of rotatable bonds is 0. The van der Waals surface area contributed by atoms with Crippen LogP contribution in [0.2, 0.25) is 0 Å². The quantitative estimate of drug-likeness (QED) is 0.623. The molecule has 0 amide bonds. The highest BCUT2D eigenvalue weighted by Crippen LogP contribution is 2.35. The molecular formula is C18H15N3. The van der Waals surface area contributed by atoms with Gasteiger partial charge >= 0.3 is 0 Å². The number of aryl methyl sites for hydroxylation is 2. The first kappa shape index (κ1) is 12.2. The lowest BCUT2D eigenvalue weighted by atomic mass is 9.89. The van der Waals surface area contributed by atoms with Gasteiger partial charge in [0.15, 0.2) is 0 Å². The van der Waals surface area contributed by atoms with E-state index < -0.39 is 0 Å². The van der Waals surface area contributed by atoms with E-state index in [1.165, 1.54) is 5.56 Å². The molecule has 2 heterocycles. The van der Waals surface area contributed by atoms with E-state index in [4.69, 9.17) is 0 Å². The molecule has 0 saturated carbocycles. The fourth-order valence-electron chi connectivity index (χ4n) is 3.31. The number of nitrogens with zero attached hydrogens (tertiary/aromatic N) is 3. The van der Waals surface area contributed by atoms with Crippen molar-refractivity contribution in [2.75, 3.05) is 0 Å². The van der Waals surface area contributed by atoms with Gasteiger partial charge in [-0.05, 0) is 36.3 Å². The second-order valence-corrected chi connectivity index (χ2v) is 5.52. The van der Waals surface area contributed by atoms with E-state index in [0.717, 1.165) is 53.4 Å². The monoisotopic (exact) mass is 273 g/mol. The topological polar surface area (TPSA) is 41.6 Å². The molecule has 0 N–H and O–H groups in total. The third-order valence-electron chi connectivity index (χ3n) is 4.28. The molecule has 3 heteroatoms. The molecule has 3 aromatic rings. The Morgan fingerprint density at radius 3 is 2.95 bits per heavy atom. The molecule has 4 rings (SSSR count).